The molecule has 4 nitrogen and oxygen atoms in total. The molecule has 0 amide bonds. The summed E-state index contributed by atoms with van der Waals surface area (Å²) in [5, 5.41) is 9.37. The highest BCUT2D eigenvalue weighted by molar-refractivity contribution is 5.91. The van der Waals surface area contributed by atoms with Gasteiger partial charge in [-0.2, -0.15) is 0 Å². The second-order valence-corrected chi connectivity index (χ2v) is 6.06. The Morgan fingerprint density at radius 3 is 2.33 bits per heavy atom. The number of para-hydroxylation sites is 1. The molecule has 0 fully saturated rings. The quantitative estimate of drug-likeness (QED) is 0.577. The Morgan fingerprint density at radius 2 is 1.59 bits per heavy atom. The van der Waals surface area contributed by atoms with Crippen molar-refractivity contribution in [2.24, 2.45) is 0 Å². The van der Waals surface area contributed by atoms with Gasteiger partial charge in [0, 0.05) is 5.69 Å². The van der Waals surface area contributed by atoms with Crippen LogP contribution in [0.5, 0.6) is 5.75 Å². The zero-order valence-electron chi connectivity index (χ0n) is 14.8. The Labute approximate surface area is 165 Å². The van der Waals surface area contributed by atoms with E-state index in [4.69, 9.17) is 10.5 Å². The average molecular weight is 384 g/mol. The van der Waals surface area contributed by atoms with Crippen molar-refractivity contribution in [3.63, 3.8) is 0 Å². The number of hydrogen-bond donors (Lipinski definition) is 2. The summed E-state index contributed by atoms with van der Waals surface area (Å²) < 4.78 is 5.97. The summed E-state index contributed by atoms with van der Waals surface area (Å²) in [4.78, 5) is 11.4. The number of carboxylic acid groups (broad SMARTS) is 1. The maximum absolute atomic E-state index is 11.4. The minimum atomic E-state index is -0.957. The standard InChI is InChI=1S/C22H21NO3.ClH/c23-20-11-6-10-19(22(24)25)18(20)14-13-17-9-4-5-12-21(17)26-15-16-7-2-1-3-8-16;/h1-12H,13-15,23H2,(H,24,25);1H. The number of aromatic carboxylic acids is 1. The summed E-state index contributed by atoms with van der Waals surface area (Å²) in [5.41, 5.74) is 9.56. The maximum Gasteiger partial charge on any atom is 0.336 e. The molecule has 0 bridgehead atoms. The lowest BCUT2D eigenvalue weighted by molar-refractivity contribution is 0.0695. The van der Waals surface area contributed by atoms with E-state index in [1.807, 2.05) is 54.6 Å². The van der Waals surface area contributed by atoms with Crippen LogP contribution in [0.2, 0.25) is 0 Å². The molecule has 0 spiro atoms. The number of carboxylic acids is 1. The third kappa shape index (κ3) is 5.25. The van der Waals surface area contributed by atoms with Crippen molar-refractivity contribution >= 4 is 24.1 Å². The molecule has 3 N–H and O–H groups in total. The van der Waals surface area contributed by atoms with Crippen molar-refractivity contribution in [2.45, 2.75) is 19.4 Å². The second kappa shape index (κ2) is 9.64. The topological polar surface area (TPSA) is 72.6 Å². The fourth-order valence-corrected chi connectivity index (χ4v) is 2.93. The molecule has 3 aromatic carbocycles. The number of hydrogen-bond acceptors (Lipinski definition) is 3. The molecule has 0 saturated carbocycles. The summed E-state index contributed by atoms with van der Waals surface area (Å²) in [6, 6.07) is 22.8. The van der Waals surface area contributed by atoms with E-state index in [9.17, 15) is 9.90 Å². The molecule has 0 aliphatic carbocycles. The molecule has 27 heavy (non-hydrogen) atoms. The molecule has 3 aromatic rings. The van der Waals surface area contributed by atoms with Crippen molar-refractivity contribution in [2.75, 3.05) is 5.73 Å². The number of rotatable bonds is 7. The van der Waals surface area contributed by atoms with Crippen LogP contribution in [-0.2, 0) is 19.4 Å². The van der Waals surface area contributed by atoms with Gasteiger partial charge < -0.3 is 15.6 Å². The Bertz CT molecular complexity index is 897. The minimum absolute atomic E-state index is 0. The molecule has 0 saturated heterocycles. The van der Waals surface area contributed by atoms with Crippen LogP contribution in [0.1, 0.15) is 27.0 Å². The van der Waals surface area contributed by atoms with Gasteiger partial charge in [-0.15, -0.1) is 12.4 Å². The first-order valence-corrected chi connectivity index (χ1v) is 8.50. The van der Waals surface area contributed by atoms with Gasteiger partial charge in [-0.05, 0) is 47.7 Å². The average Bonchev–Trinajstić information content (AvgIpc) is 2.66. The Hall–Kier alpha value is -2.98. The molecule has 0 aliphatic heterocycles. The fraction of sp³-hybridized carbons (Fsp3) is 0.136. The third-order valence-electron chi connectivity index (χ3n) is 4.30. The van der Waals surface area contributed by atoms with Gasteiger partial charge in [-0.1, -0.05) is 54.6 Å². The van der Waals surface area contributed by atoms with Gasteiger partial charge in [0.15, 0.2) is 0 Å². The Morgan fingerprint density at radius 1 is 0.889 bits per heavy atom. The highest BCUT2D eigenvalue weighted by Gasteiger charge is 2.13. The molecule has 0 aromatic heterocycles. The van der Waals surface area contributed by atoms with E-state index in [1.165, 1.54) is 0 Å². The first-order chi connectivity index (χ1) is 12.6. The Kier molecular flexibility index (Phi) is 7.26. The number of carbonyl (C=O) groups is 1. The van der Waals surface area contributed by atoms with Crippen LogP contribution in [0.25, 0.3) is 0 Å². The van der Waals surface area contributed by atoms with Crippen LogP contribution in [0.3, 0.4) is 0 Å². The molecular formula is C22H22ClNO3. The van der Waals surface area contributed by atoms with Gasteiger partial charge in [-0.3, -0.25) is 0 Å². The van der Waals surface area contributed by atoms with Gasteiger partial charge in [0.1, 0.15) is 12.4 Å². The summed E-state index contributed by atoms with van der Waals surface area (Å²) in [6.45, 7) is 0.492. The molecule has 140 valence electrons. The van der Waals surface area contributed by atoms with E-state index in [-0.39, 0.29) is 18.0 Å². The molecule has 0 unspecified atom stereocenters. The van der Waals surface area contributed by atoms with Crippen LogP contribution in [0, 0.1) is 0 Å². The summed E-state index contributed by atoms with van der Waals surface area (Å²) in [7, 11) is 0. The highest BCUT2D eigenvalue weighted by atomic mass is 35.5. The van der Waals surface area contributed by atoms with Crippen LogP contribution in [0.15, 0.2) is 72.8 Å². The molecule has 0 heterocycles. The van der Waals surface area contributed by atoms with Crippen molar-refractivity contribution in [1.29, 1.82) is 0 Å². The lowest BCUT2D eigenvalue weighted by Crippen LogP contribution is -2.07. The third-order valence-corrected chi connectivity index (χ3v) is 4.30. The molecule has 5 heteroatoms. The minimum Gasteiger partial charge on any atom is -0.489 e. The van der Waals surface area contributed by atoms with E-state index < -0.39 is 5.97 Å². The van der Waals surface area contributed by atoms with Crippen molar-refractivity contribution in [1.82, 2.24) is 0 Å². The van der Waals surface area contributed by atoms with Crippen LogP contribution < -0.4 is 10.5 Å². The molecule has 3 rings (SSSR count). The van der Waals surface area contributed by atoms with Gasteiger partial charge in [-0.25, -0.2) is 4.79 Å². The number of halogens is 1. The zero-order valence-corrected chi connectivity index (χ0v) is 15.6. The van der Waals surface area contributed by atoms with Crippen LogP contribution >= 0.6 is 12.4 Å². The van der Waals surface area contributed by atoms with E-state index in [0.717, 1.165) is 16.9 Å². The lowest BCUT2D eigenvalue weighted by atomic mass is 9.98. The molecule has 0 radical (unpaired) electrons. The number of aryl methyl sites for hydroxylation is 1. The SMILES string of the molecule is Cl.Nc1cccc(C(=O)O)c1CCc1ccccc1OCc1ccccc1. The molecular weight excluding hydrogens is 362 g/mol. The van der Waals surface area contributed by atoms with Crippen molar-refractivity contribution in [3.05, 3.63) is 95.1 Å². The fourth-order valence-electron chi connectivity index (χ4n) is 2.93. The number of nitrogens with two attached hydrogens (primary N) is 1. The maximum atomic E-state index is 11.4. The first kappa shape index (κ1) is 20.3. The second-order valence-electron chi connectivity index (χ2n) is 6.06. The summed E-state index contributed by atoms with van der Waals surface area (Å²) >= 11 is 0. The molecule has 0 aliphatic rings. The van der Waals surface area contributed by atoms with Gasteiger partial charge >= 0.3 is 5.97 Å². The summed E-state index contributed by atoms with van der Waals surface area (Å²) in [6.07, 6.45) is 1.19. The number of nitrogen functional groups attached to an aromatic ring is 1. The van der Waals surface area contributed by atoms with Crippen molar-refractivity contribution in [3.8, 4) is 5.75 Å². The highest BCUT2D eigenvalue weighted by Crippen LogP contribution is 2.24. The largest absolute Gasteiger partial charge is 0.489 e. The first-order valence-electron chi connectivity index (χ1n) is 8.50. The van der Waals surface area contributed by atoms with Gasteiger partial charge in [0.25, 0.3) is 0 Å². The smallest absolute Gasteiger partial charge is 0.336 e. The van der Waals surface area contributed by atoms with Crippen LogP contribution in [-0.4, -0.2) is 11.1 Å². The lowest BCUT2D eigenvalue weighted by Gasteiger charge is -2.13. The van der Waals surface area contributed by atoms with E-state index in [0.29, 0.717) is 30.7 Å². The predicted molar refractivity (Wildman–Crippen MR) is 110 cm³/mol. The summed E-state index contributed by atoms with van der Waals surface area (Å²) in [5.74, 6) is -0.149. The number of ether oxygens (including phenoxy) is 1. The number of benzene rings is 3. The van der Waals surface area contributed by atoms with E-state index >= 15 is 0 Å². The van der Waals surface area contributed by atoms with E-state index in [1.54, 1.807) is 18.2 Å². The monoisotopic (exact) mass is 383 g/mol. The van der Waals surface area contributed by atoms with Crippen molar-refractivity contribution < 1.29 is 14.6 Å². The predicted octanol–water partition coefficient (Wildman–Crippen LogP) is 4.75. The number of anilines is 1. The van der Waals surface area contributed by atoms with E-state index in [2.05, 4.69) is 0 Å². The van der Waals surface area contributed by atoms with Crippen LogP contribution in [0.4, 0.5) is 5.69 Å². The zero-order chi connectivity index (χ0) is 18.4. The molecule has 0 atom stereocenters. The Balaban J connectivity index is 0.00000261. The van der Waals surface area contributed by atoms with Gasteiger partial charge in [0.05, 0.1) is 5.56 Å². The normalized spacial score (nSPS) is 10.1. The van der Waals surface area contributed by atoms with Gasteiger partial charge in [0.2, 0.25) is 0 Å².